The van der Waals surface area contributed by atoms with E-state index in [1.165, 1.54) is 0 Å². The van der Waals surface area contributed by atoms with Crippen LogP contribution in [-0.4, -0.2) is 15.0 Å². The Morgan fingerprint density at radius 1 is 0.293 bits per heavy atom. The van der Waals surface area contributed by atoms with Gasteiger partial charge in [-0.15, -0.1) is 0 Å². The van der Waals surface area contributed by atoms with Crippen molar-refractivity contribution in [1.82, 2.24) is 15.0 Å². The van der Waals surface area contributed by atoms with Crippen LogP contribution in [0.1, 0.15) is 0 Å². The molecule has 8 aromatic carbocycles. The van der Waals surface area contributed by atoms with Gasteiger partial charge in [-0.3, -0.25) is 0 Å². The molecule has 0 aliphatic carbocycles. The van der Waals surface area contributed by atoms with Crippen LogP contribution >= 0.6 is 0 Å². The molecule has 0 saturated heterocycles. The highest BCUT2D eigenvalue weighted by Gasteiger charge is 2.23. The molecule has 12 aromatic rings. The van der Waals surface area contributed by atoms with Crippen molar-refractivity contribution in [1.29, 1.82) is 0 Å². The number of benzene rings is 8. The molecule has 4 aromatic heterocycles. The third-order valence-electron chi connectivity index (χ3n) is 10.9. The number of para-hydroxylation sites is 4. The van der Waals surface area contributed by atoms with Gasteiger partial charge in [0.05, 0.1) is 0 Å². The second-order valence-electron chi connectivity index (χ2n) is 14.3. The van der Waals surface area contributed by atoms with Crippen LogP contribution in [-0.2, 0) is 0 Å². The van der Waals surface area contributed by atoms with Crippen molar-refractivity contribution in [3.63, 3.8) is 0 Å². The van der Waals surface area contributed by atoms with Gasteiger partial charge in [0.1, 0.15) is 33.5 Å². The summed E-state index contributed by atoms with van der Waals surface area (Å²) in [6.45, 7) is 0. The minimum atomic E-state index is 0.530. The summed E-state index contributed by atoms with van der Waals surface area (Å²) in [7, 11) is 0. The SMILES string of the molecule is c1ccc(N(c2ccccc2)c2ccc3c(c2)oc2cccc(-c4nc(-c5cccc6oc7ccccc7c56)nc(-c5cccc6oc7ccccc7c56)n4)c23)cc1. The highest BCUT2D eigenvalue weighted by atomic mass is 16.3. The third-order valence-corrected chi connectivity index (χ3v) is 10.9. The van der Waals surface area contributed by atoms with Crippen molar-refractivity contribution < 1.29 is 13.3 Å². The first-order chi connectivity index (χ1) is 28.7. The Morgan fingerprint density at radius 3 is 1.14 bits per heavy atom. The number of hydrogen-bond acceptors (Lipinski definition) is 7. The van der Waals surface area contributed by atoms with E-state index in [1.54, 1.807) is 0 Å². The van der Waals surface area contributed by atoms with Gasteiger partial charge < -0.3 is 18.2 Å². The topological polar surface area (TPSA) is 81.3 Å². The molecule has 0 fully saturated rings. The van der Waals surface area contributed by atoms with Crippen molar-refractivity contribution in [2.75, 3.05) is 4.90 Å². The van der Waals surface area contributed by atoms with Gasteiger partial charge in [-0.05, 0) is 66.7 Å². The summed E-state index contributed by atoms with van der Waals surface area (Å²) in [5.41, 5.74) is 10.3. The molecular weight excluding hydrogens is 717 g/mol. The maximum Gasteiger partial charge on any atom is 0.164 e. The van der Waals surface area contributed by atoms with Crippen LogP contribution in [0.2, 0.25) is 0 Å². The Hall–Kier alpha value is -8.03. The first-order valence-corrected chi connectivity index (χ1v) is 19.2. The summed E-state index contributed by atoms with van der Waals surface area (Å²) >= 11 is 0. The first kappa shape index (κ1) is 32.2. The molecule has 0 aliphatic rings. The van der Waals surface area contributed by atoms with Crippen LogP contribution in [0.25, 0.3) is 100.0 Å². The second-order valence-corrected chi connectivity index (χ2v) is 14.3. The zero-order chi connectivity index (χ0) is 38.2. The highest BCUT2D eigenvalue weighted by Crippen LogP contribution is 2.43. The molecule has 0 spiro atoms. The molecule has 0 bridgehead atoms. The molecule has 12 rings (SSSR count). The predicted octanol–water partition coefficient (Wildman–Crippen LogP) is 14.0. The van der Waals surface area contributed by atoms with E-state index in [4.69, 9.17) is 28.2 Å². The number of furan rings is 3. The lowest BCUT2D eigenvalue weighted by Crippen LogP contribution is -2.09. The largest absolute Gasteiger partial charge is 0.456 e. The molecule has 0 atom stereocenters. The number of anilines is 3. The van der Waals surface area contributed by atoms with Gasteiger partial charge in [0.15, 0.2) is 17.5 Å². The number of nitrogens with zero attached hydrogens (tertiary/aromatic N) is 4. The van der Waals surface area contributed by atoms with Crippen LogP contribution in [0, 0.1) is 0 Å². The summed E-state index contributed by atoms with van der Waals surface area (Å²) in [6, 6.07) is 61.4. The van der Waals surface area contributed by atoms with Crippen molar-refractivity contribution in [2.45, 2.75) is 0 Å². The van der Waals surface area contributed by atoms with E-state index >= 15 is 0 Å². The average Bonchev–Trinajstić information content (AvgIpc) is 3.98. The number of fused-ring (bicyclic) bond motifs is 9. The van der Waals surface area contributed by atoms with Crippen molar-refractivity contribution >= 4 is 82.9 Å². The third kappa shape index (κ3) is 5.04. The second kappa shape index (κ2) is 12.8. The van der Waals surface area contributed by atoms with Crippen molar-refractivity contribution in [2.24, 2.45) is 0 Å². The molecule has 4 heterocycles. The fourth-order valence-corrected chi connectivity index (χ4v) is 8.40. The van der Waals surface area contributed by atoms with Gasteiger partial charge in [-0.2, -0.15) is 0 Å². The number of rotatable bonds is 6. The van der Waals surface area contributed by atoms with Crippen LogP contribution < -0.4 is 4.90 Å². The highest BCUT2D eigenvalue weighted by molar-refractivity contribution is 6.15. The maximum absolute atomic E-state index is 6.68. The van der Waals surface area contributed by atoms with Gasteiger partial charge in [0.25, 0.3) is 0 Å². The Labute approximate surface area is 331 Å². The molecular formula is C51H30N4O3. The normalized spacial score (nSPS) is 11.8. The molecule has 0 aliphatic heterocycles. The Balaban J connectivity index is 1.10. The Bertz CT molecular complexity index is 3360. The molecule has 0 amide bonds. The quantitative estimate of drug-likeness (QED) is 0.168. The van der Waals surface area contributed by atoms with E-state index in [-0.39, 0.29) is 0 Å². The van der Waals surface area contributed by atoms with E-state index < -0.39 is 0 Å². The smallest absolute Gasteiger partial charge is 0.164 e. The fraction of sp³-hybridized carbons (Fsp3) is 0. The van der Waals surface area contributed by atoms with Crippen LogP contribution in [0.15, 0.2) is 195 Å². The Morgan fingerprint density at radius 2 is 0.672 bits per heavy atom. The van der Waals surface area contributed by atoms with Crippen molar-refractivity contribution in [3.05, 3.63) is 182 Å². The minimum absolute atomic E-state index is 0.530. The predicted molar refractivity (Wildman–Crippen MR) is 233 cm³/mol. The fourth-order valence-electron chi connectivity index (χ4n) is 8.40. The summed E-state index contributed by atoms with van der Waals surface area (Å²) in [5.74, 6) is 1.60. The average molecular weight is 747 g/mol. The number of hydrogen-bond donors (Lipinski definition) is 0. The standard InChI is InChI=1S/C51H30N4O3/c1-3-14-31(15-4-1)55(32-16-5-2-6-17-32)33-28-29-36-45(30-33)58-44-27-13-22-39(48(36)44)51-53-49(37-20-11-25-42-46(37)34-18-7-9-23-40(34)56-42)52-50(54-51)38-21-12-26-43-47(38)35-19-8-10-24-41(35)57-43/h1-30H. The van der Waals surface area contributed by atoms with Gasteiger partial charge >= 0.3 is 0 Å². The molecule has 7 heteroatoms. The summed E-state index contributed by atoms with van der Waals surface area (Å²) in [4.78, 5) is 18.1. The molecule has 58 heavy (non-hydrogen) atoms. The van der Waals surface area contributed by atoms with Crippen LogP contribution in [0.4, 0.5) is 17.1 Å². The van der Waals surface area contributed by atoms with E-state index in [1.807, 2.05) is 84.9 Å². The lowest BCUT2D eigenvalue weighted by atomic mass is 10.0. The first-order valence-electron chi connectivity index (χ1n) is 19.2. The van der Waals surface area contributed by atoms with Crippen LogP contribution in [0.5, 0.6) is 0 Å². The monoisotopic (exact) mass is 746 g/mol. The minimum Gasteiger partial charge on any atom is -0.456 e. The Kier molecular flexibility index (Phi) is 7.09. The lowest BCUT2D eigenvalue weighted by Gasteiger charge is -2.25. The summed E-state index contributed by atoms with van der Waals surface area (Å²) in [5, 5.41) is 5.79. The molecule has 0 N–H and O–H groups in total. The lowest BCUT2D eigenvalue weighted by molar-refractivity contribution is 0.668. The van der Waals surface area contributed by atoms with E-state index in [2.05, 4.69) is 102 Å². The zero-order valence-corrected chi connectivity index (χ0v) is 30.8. The summed E-state index contributed by atoms with van der Waals surface area (Å²) < 4.78 is 19.3. The maximum atomic E-state index is 6.68. The van der Waals surface area contributed by atoms with Gasteiger partial charge in [0, 0.05) is 72.1 Å². The van der Waals surface area contributed by atoms with Gasteiger partial charge in [0.2, 0.25) is 0 Å². The zero-order valence-electron chi connectivity index (χ0n) is 30.8. The van der Waals surface area contributed by atoms with Gasteiger partial charge in [-0.25, -0.2) is 15.0 Å². The molecule has 7 nitrogen and oxygen atoms in total. The van der Waals surface area contributed by atoms with E-state index in [9.17, 15) is 0 Å². The molecule has 0 radical (unpaired) electrons. The van der Waals surface area contributed by atoms with Crippen molar-refractivity contribution in [3.8, 4) is 34.2 Å². The summed E-state index contributed by atoms with van der Waals surface area (Å²) in [6.07, 6.45) is 0. The molecule has 272 valence electrons. The van der Waals surface area contributed by atoms with Crippen LogP contribution in [0.3, 0.4) is 0 Å². The van der Waals surface area contributed by atoms with E-state index in [0.29, 0.717) is 17.5 Å². The molecule has 0 saturated carbocycles. The van der Waals surface area contributed by atoms with E-state index in [0.717, 1.165) is 99.6 Å². The molecule has 0 unspecified atom stereocenters. The number of aromatic nitrogens is 3. The van der Waals surface area contributed by atoms with Gasteiger partial charge in [-0.1, -0.05) is 109 Å².